The van der Waals surface area contributed by atoms with Gasteiger partial charge in [0.2, 0.25) is 5.89 Å². The number of rotatable bonds is 3. The van der Waals surface area contributed by atoms with Gasteiger partial charge in [-0.25, -0.2) is 4.39 Å². The van der Waals surface area contributed by atoms with Crippen LogP contribution in [0.25, 0.3) is 10.1 Å². The summed E-state index contributed by atoms with van der Waals surface area (Å²) in [6.07, 6.45) is 0. The van der Waals surface area contributed by atoms with Gasteiger partial charge in [-0.05, 0) is 32.0 Å². The highest BCUT2D eigenvalue weighted by molar-refractivity contribution is 7.20. The number of carbonyl (C=O) groups excluding carboxylic acids is 1. The third kappa shape index (κ3) is 3.42. The summed E-state index contributed by atoms with van der Waals surface area (Å²) in [6, 6.07) is 6.37. The molecule has 0 atom stereocenters. The second-order valence-electron chi connectivity index (χ2n) is 7.51. The molecule has 25 heavy (non-hydrogen) atoms. The van der Waals surface area contributed by atoms with Crippen LogP contribution in [0.3, 0.4) is 0 Å². The first kappa shape index (κ1) is 17.5. The quantitative estimate of drug-likeness (QED) is 0.751. The lowest BCUT2D eigenvalue weighted by molar-refractivity contribution is 0.0911. The Balaban J connectivity index is 1.85. The maximum absolute atomic E-state index is 13.8. The van der Waals surface area contributed by atoms with Gasteiger partial charge < -0.3 is 9.84 Å². The fourth-order valence-electron chi connectivity index (χ4n) is 2.32. The Morgan fingerprint density at radius 3 is 2.56 bits per heavy atom. The topological polar surface area (TPSA) is 68.0 Å². The van der Waals surface area contributed by atoms with E-state index in [1.54, 1.807) is 32.0 Å². The number of carbonyl (C=O) groups is 1. The first-order chi connectivity index (χ1) is 11.6. The van der Waals surface area contributed by atoms with Gasteiger partial charge in [0.1, 0.15) is 5.82 Å². The summed E-state index contributed by atoms with van der Waals surface area (Å²) in [5.41, 5.74) is -1.09. The molecule has 3 rings (SSSR count). The molecular weight excluding hydrogens is 341 g/mol. The zero-order valence-corrected chi connectivity index (χ0v) is 15.6. The van der Waals surface area contributed by atoms with Crippen molar-refractivity contribution in [3.8, 4) is 0 Å². The van der Waals surface area contributed by atoms with Crippen molar-refractivity contribution in [3.05, 3.63) is 46.7 Å². The van der Waals surface area contributed by atoms with Crippen molar-refractivity contribution in [2.75, 3.05) is 0 Å². The molecule has 0 aliphatic carbocycles. The van der Waals surface area contributed by atoms with Crippen molar-refractivity contribution in [1.29, 1.82) is 0 Å². The molecule has 0 aliphatic heterocycles. The minimum atomic E-state index is -0.821. The molecule has 0 unspecified atom stereocenters. The third-order valence-electron chi connectivity index (χ3n) is 3.78. The Bertz CT molecular complexity index is 937. The summed E-state index contributed by atoms with van der Waals surface area (Å²) in [7, 11) is 0. The second-order valence-corrected chi connectivity index (χ2v) is 8.60. The number of aromatic nitrogens is 2. The third-order valence-corrected chi connectivity index (χ3v) is 4.88. The zero-order valence-electron chi connectivity index (χ0n) is 14.8. The number of nitrogens with one attached hydrogen (secondary N) is 1. The van der Waals surface area contributed by atoms with Crippen LogP contribution in [0, 0.1) is 5.82 Å². The number of hydrogen-bond acceptors (Lipinski definition) is 5. The van der Waals surface area contributed by atoms with Crippen LogP contribution >= 0.6 is 11.3 Å². The van der Waals surface area contributed by atoms with Gasteiger partial charge in [-0.2, -0.15) is 4.98 Å². The Morgan fingerprint density at radius 1 is 1.24 bits per heavy atom. The maximum atomic E-state index is 13.8. The molecule has 2 heterocycles. The highest BCUT2D eigenvalue weighted by atomic mass is 32.1. The van der Waals surface area contributed by atoms with Gasteiger partial charge in [0.05, 0.1) is 10.4 Å². The molecule has 0 saturated heterocycles. The SMILES string of the molecule is CC(C)(C)c1nc(C(C)(C)NC(=O)c2cc3c(F)cccc3s2)no1. The molecule has 0 radical (unpaired) electrons. The molecule has 0 saturated carbocycles. The lowest BCUT2D eigenvalue weighted by atomic mass is 9.97. The summed E-state index contributed by atoms with van der Waals surface area (Å²) >= 11 is 1.25. The van der Waals surface area contributed by atoms with Crippen LogP contribution in [0.15, 0.2) is 28.8 Å². The summed E-state index contributed by atoms with van der Waals surface area (Å²) in [4.78, 5) is 17.5. The zero-order chi connectivity index (χ0) is 18.4. The monoisotopic (exact) mass is 361 g/mol. The predicted molar refractivity (Wildman–Crippen MR) is 95.3 cm³/mol. The van der Waals surface area contributed by atoms with E-state index in [-0.39, 0.29) is 17.1 Å². The Labute approximate surface area is 149 Å². The van der Waals surface area contributed by atoms with Crippen LogP contribution in [0.2, 0.25) is 0 Å². The van der Waals surface area contributed by atoms with E-state index in [9.17, 15) is 9.18 Å². The molecule has 0 fully saturated rings. The van der Waals surface area contributed by atoms with Crippen molar-refractivity contribution < 1.29 is 13.7 Å². The van der Waals surface area contributed by atoms with Crippen LogP contribution in [0.4, 0.5) is 4.39 Å². The number of benzene rings is 1. The second kappa shape index (κ2) is 5.91. The van der Waals surface area contributed by atoms with Crippen molar-refractivity contribution in [2.45, 2.75) is 45.6 Å². The van der Waals surface area contributed by atoms with E-state index in [0.29, 0.717) is 22.0 Å². The number of nitrogens with zero attached hydrogens (tertiary/aromatic N) is 2. The van der Waals surface area contributed by atoms with E-state index in [1.807, 2.05) is 20.8 Å². The van der Waals surface area contributed by atoms with Crippen LogP contribution < -0.4 is 5.32 Å². The largest absolute Gasteiger partial charge is 0.339 e. The molecular formula is C18H20FN3O2S. The number of amides is 1. The van der Waals surface area contributed by atoms with Crippen LogP contribution in [-0.4, -0.2) is 16.0 Å². The molecule has 1 aromatic carbocycles. The average Bonchev–Trinajstić information content (AvgIpc) is 3.14. The molecule has 0 aliphatic rings. The standard InChI is InChI=1S/C18H20FN3O2S/c1-17(2,3)16-20-15(22-24-16)18(4,5)21-14(23)13-9-10-11(19)7-6-8-12(10)25-13/h6-9H,1-5H3,(H,21,23). The normalized spacial score (nSPS) is 12.6. The van der Waals surface area contributed by atoms with Crippen LogP contribution in [0.1, 0.15) is 56.0 Å². The molecule has 1 amide bonds. The molecule has 2 aromatic heterocycles. The summed E-state index contributed by atoms with van der Waals surface area (Å²) in [5, 5.41) is 7.35. The highest BCUT2D eigenvalue weighted by Gasteiger charge is 2.32. The van der Waals surface area contributed by atoms with E-state index in [4.69, 9.17) is 4.52 Å². The number of fused-ring (bicyclic) bond motifs is 1. The lowest BCUT2D eigenvalue weighted by Gasteiger charge is -2.22. The van der Waals surface area contributed by atoms with Crippen LogP contribution in [0.5, 0.6) is 0 Å². The summed E-state index contributed by atoms with van der Waals surface area (Å²) in [5.74, 6) is 0.277. The first-order valence-electron chi connectivity index (χ1n) is 7.93. The predicted octanol–water partition coefficient (Wildman–Crippen LogP) is 4.39. The molecule has 7 heteroatoms. The summed E-state index contributed by atoms with van der Waals surface area (Å²) in [6.45, 7) is 9.52. The fourth-order valence-corrected chi connectivity index (χ4v) is 3.29. The minimum absolute atomic E-state index is 0.270. The smallest absolute Gasteiger partial charge is 0.262 e. The molecule has 3 aromatic rings. The number of thiophene rings is 1. The van der Waals surface area contributed by atoms with Crippen molar-refractivity contribution in [3.63, 3.8) is 0 Å². The lowest BCUT2D eigenvalue weighted by Crippen LogP contribution is -2.41. The van der Waals surface area contributed by atoms with E-state index in [1.165, 1.54) is 17.4 Å². The van der Waals surface area contributed by atoms with Gasteiger partial charge in [0.25, 0.3) is 5.91 Å². The van der Waals surface area contributed by atoms with Gasteiger partial charge in [0, 0.05) is 15.5 Å². The van der Waals surface area contributed by atoms with Crippen LogP contribution in [-0.2, 0) is 11.0 Å². The number of hydrogen-bond donors (Lipinski definition) is 1. The van der Waals surface area contributed by atoms with E-state index >= 15 is 0 Å². The van der Waals surface area contributed by atoms with E-state index in [0.717, 1.165) is 4.70 Å². The number of halogens is 1. The van der Waals surface area contributed by atoms with Gasteiger partial charge in [-0.3, -0.25) is 4.79 Å². The van der Waals surface area contributed by atoms with Gasteiger partial charge in [-0.15, -0.1) is 11.3 Å². The van der Waals surface area contributed by atoms with Crippen molar-refractivity contribution in [2.24, 2.45) is 0 Å². The van der Waals surface area contributed by atoms with E-state index < -0.39 is 5.54 Å². The molecule has 0 bridgehead atoms. The average molecular weight is 361 g/mol. The highest BCUT2D eigenvalue weighted by Crippen LogP contribution is 2.29. The van der Waals surface area contributed by atoms with Gasteiger partial charge in [0.15, 0.2) is 5.82 Å². The molecule has 132 valence electrons. The molecule has 0 spiro atoms. The molecule has 1 N–H and O–H groups in total. The van der Waals surface area contributed by atoms with E-state index in [2.05, 4.69) is 15.5 Å². The Hall–Kier alpha value is -2.28. The Morgan fingerprint density at radius 2 is 1.96 bits per heavy atom. The van der Waals surface area contributed by atoms with Gasteiger partial charge >= 0.3 is 0 Å². The summed E-state index contributed by atoms with van der Waals surface area (Å²) < 4.78 is 19.9. The van der Waals surface area contributed by atoms with Crippen molar-refractivity contribution >= 4 is 27.3 Å². The fraction of sp³-hybridized carbons (Fsp3) is 0.389. The van der Waals surface area contributed by atoms with Gasteiger partial charge in [-0.1, -0.05) is 32.0 Å². The molecule has 5 nitrogen and oxygen atoms in total. The van der Waals surface area contributed by atoms with Crippen molar-refractivity contribution in [1.82, 2.24) is 15.5 Å². The minimum Gasteiger partial charge on any atom is -0.339 e. The first-order valence-corrected chi connectivity index (χ1v) is 8.75. The maximum Gasteiger partial charge on any atom is 0.262 e. The Kier molecular flexibility index (Phi) is 4.15.